The van der Waals surface area contributed by atoms with Crippen LogP contribution in [0.3, 0.4) is 0 Å². The van der Waals surface area contributed by atoms with Crippen LogP contribution in [0.25, 0.3) is 0 Å². The molecule has 0 aliphatic rings. The van der Waals surface area contributed by atoms with Crippen LogP contribution in [0.2, 0.25) is 0 Å². The van der Waals surface area contributed by atoms with Crippen molar-refractivity contribution >= 4 is 7.82 Å². The van der Waals surface area contributed by atoms with Gasteiger partial charge in [0.1, 0.15) is 0 Å². The van der Waals surface area contributed by atoms with Crippen LogP contribution in [0.4, 0.5) is 0 Å². The van der Waals surface area contributed by atoms with E-state index in [4.69, 9.17) is 19.2 Å². The van der Waals surface area contributed by atoms with Crippen LogP contribution < -0.4 is 37.7 Å². The van der Waals surface area contributed by atoms with Gasteiger partial charge in [-0.3, -0.25) is 0 Å². The van der Waals surface area contributed by atoms with E-state index in [0.717, 1.165) is 0 Å². The average molecular weight is 225 g/mol. The molecular formula is H5FeLi2MnO4P. The molecule has 51 valence electrons. The summed E-state index contributed by atoms with van der Waals surface area (Å²) in [7, 11) is -4.64. The molecule has 0 aromatic carbocycles. The van der Waals surface area contributed by atoms with Crippen molar-refractivity contribution in [2.45, 2.75) is 0 Å². The second-order valence-electron chi connectivity index (χ2n) is 0.513. The molecule has 0 amide bonds. The standard InChI is InChI=1S/Fe.2Li.Mn.H3O4P.2H/c;;;;1-5(2,3)4;;/h;;;;(H3,1,2,3,4);;/q;2*+1;;;2*-1. The summed E-state index contributed by atoms with van der Waals surface area (Å²) in [6.45, 7) is 0. The molecule has 0 unspecified atom stereocenters. The second kappa shape index (κ2) is 13.0. The SMILES string of the molecule is O=P(O)(O)O.[Fe].[H-].[H-].[Li+].[Li+].[Mn]. The minimum atomic E-state index is -4.64. The first-order valence-electron chi connectivity index (χ1n) is 0.783. The Labute approximate surface area is 101 Å². The molecule has 0 aromatic heterocycles. The third kappa shape index (κ3) is 131. The van der Waals surface area contributed by atoms with Gasteiger partial charge in [0.2, 0.25) is 0 Å². The first-order valence-corrected chi connectivity index (χ1v) is 2.35. The van der Waals surface area contributed by atoms with Crippen molar-refractivity contribution in [1.82, 2.24) is 0 Å². The zero-order valence-corrected chi connectivity index (χ0v) is 8.11. The van der Waals surface area contributed by atoms with Gasteiger partial charge in [0.05, 0.1) is 0 Å². The minimum Gasteiger partial charge on any atom is -1.00 e. The molecule has 0 aliphatic carbocycles. The van der Waals surface area contributed by atoms with E-state index in [1.54, 1.807) is 0 Å². The Morgan fingerprint density at radius 1 is 1.11 bits per heavy atom. The molecule has 9 heavy (non-hydrogen) atoms. The molecule has 0 spiro atoms. The van der Waals surface area contributed by atoms with Crippen LogP contribution in [0.1, 0.15) is 2.85 Å². The molecule has 0 bridgehead atoms. The summed E-state index contributed by atoms with van der Waals surface area (Å²) in [5, 5.41) is 0. The van der Waals surface area contributed by atoms with Gasteiger partial charge in [-0.25, -0.2) is 4.57 Å². The van der Waals surface area contributed by atoms with Crippen LogP contribution in [0, 0.1) is 0 Å². The smallest absolute Gasteiger partial charge is 1.00 e. The van der Waals surface area contributed by atoms with Crippen molar-refractivity contribution in [1.29, 1.82) is 0 Å². The quantitative estimate of drug-likeness (QED) is 0.283. The van der Waals surface area contributed by atoms with E-state index in [2.05, 4.69) is 0 Å². The predicted octanol–water partition coefficient (Wildman–Crippen LogP) is -6.70. The third-order valence-corrected chi connectivity index (χ3v) is 0. The summed E-state index contributed by atoms with van der Waals surface area (Å²) in [6.07, 6.45) is 0. The summed E-state index contributed by atoms with van der Waals surface area (Å²) in [4.78, 5) is 21.6. The molecule has 0 fully saturated rings. The molecule has 0 saturated heterocycles. The molecule has 9 heteroatoms. The van der Waals surface area contributed by atoms with Crippen LogP contribution in [0.15, 0.2) is 0 Å². The largest absolute Gasteiger partial charge is 1.00 e. The summed E-state index contributed by atoms with van der Waals surface area (Å²) in [5.41, 5.74) is 0. The molecule has 0 atom stereocenters. The normalized spacial score (nSPS) is 6.56. The van der Waals surface area contributed by atoms with E-state index in [1.165, 1.54) is 0 Å². The van der Waals surface area contributed by atoms with E-state index >= 15 is 0 Å². The van der Waals surface area contributed by atoms with Gasteiger partial charge in [-0.1, -0.05) is 0 Å². The topological polar surface area (TPSA) is 77.8 Å². The second-order valence-corrected chi connectivity index (χ2v) is 1.54. The molecule has 0 aromatic rings. The summed E-state index contributed by atoms with van der Waals surface area (Å²) in [6, 6.07) is 0. The fourth-order valence-corrected chi connectivity index (χ4v) is 0. The predicted molar refractivity (Wildman–Crippen MR) is 16.5 cm³/mol. The number of hydrogen-bond acceptors (Lipinski definition) is 1. The first-order chi connectivity index (χ1) is 2.00. The Balaban J connectivity index is -0.00000000533. The Kier molecular flexibility index (Phi) is 43.5. The van der Waals surface area contributed by atoms with Crippen LogP contribution in [0.5, 0.6) is 0 Å². The van der Waals surface area contributed by atoms with E-state index < -0.39 is 7.82 Å². The van der Waals surface area contributed by atoms with Gasteiger partial charge in [-0.2, -0.15) is 0 Å². The molecule has 4 nitrogen and oxygen atoms in total. The zero-order valence-electron chi connectivity index (χ0n) is 6.93. The van der Waals surface area contributed by atoms with Crippen LogP contribution in [-0.4, -0.2) is 14.7 Å². The van der Waals surface area contributed by atoms with Gasteiger partial charge < -0.3 is 17.5 Å². The van der Waals surface area contributed by atoms with Gasteiger partial charge in [-0.15, -0.1) is 0 Å². The van der Waals surface area contributed by atoms with Crippen LogP contribution >= 0.6 is 7.82 Å². The molecule has 0 saturated carbocycles. The van der Waals surface area contributed by atoms with Crippen LogP contribution in [-0.2, 0) is 38.7 Å². The Morgan fingerprint density at radius 3 is 1.11 bits per heavy atom. The van der Waals surface area contributed by atoms with Gasteiger partial charge in [-0.05, 0) is 0 Å². The fourth-order valence-electron chi connectivity index (χ4n) is 0. The van der Waals surface area contributed by atoms with Gasteiger partial charge in [0.25, 0.3) is 0 Å². The van der Waals surface area contributed by atoms with E-state index in [1.807, 2.05) is 0 Å². The number of phosphoric acid groups is 1. The summed E-state index contributed by atoms with van der Waals surface area (Å²) in [5.74, 6) is 0. The van der Waals surface area contributed by atoms with Gasteiger partial charge >= 0.3 is 45.5 Å². The molecule has 0 aliphatic heterocycles. The molecule has 1 radical (unpaired) electrons. The maximum absolute atomic E-state index is 8.88. The molecule has 0 rings (SSSR count). The third-order valence-electron chi connectivity index (χ3n) is 0. The van der Waals surface area contributed by atoms with Crippen molar-refractivity contribution in [3.8, 4) is 0 Å². The minimum absolute atomic E-state index is 0. The fraction of sp³-hybridized carbons (Fsp3) is 0. The van der Waals surface area contributed by atoms with Crippen molar-refractivity contribution in [3.63, 3.8) is 0 Å². The average Bonchev–Trinajstić information content (AvgIpc) is 0.722. The maximum atomic E-state index is 8.88. The monoisotopic (exact) mass is 225 g/mol. The van der Waals surface area contributed by atoms with E-state index in [-0.39, 0.29) is 74.7 Å². The first kappa shape index (κ1) is 30.2. The van der Waals surface area contributed by atoms with E-state index in [9.17, 15) is 0 Å². The van der Waals surface area contributed by atoms with Crippen molar-refractivity contribution in [2.24, 2.45) is 0 Å². The summed E-state index contributed by atoms with van der Waals surface area (Å²) >= 11 is 0. The van der Waals surface area contributed by atoms with Gasteiger partial charge in [0, 0.05) is 34.1 Å². The summed E-state index contributed by atoms with van der Waals surface area (Å²) < 4.78 is 8.88. The van der Waals surface area contributed by atoms with Crippen molar-refractivity contribution in [3.05, 3.63) is 0 Å². The molecule has 3 N–H and O–H groups in total. The maximum Gasteiger partial charge on any atom is 1.00 e. The number of hydrogen-bond donors (Lipinski definition) is 3. The molecular weight excluding hydrogens is 220 g/mol. The number of rotatable bonds is 0. The van der Waals surface area contributed by atoms with E-state index in [0.29, 0.717) is 0 Å². The van der Waals surface area contributed by atoms with Crippen molar-refractivity contribution in [2.75, 3.05) is 0 Å². The van der Waals surface area contributed by atoms with Gasteiger partial charge in [0.15, 0.2) is 0 Å². The Hall–Kier alpha value is 2.34. The van der Waals surface area contributed by atoms with Crippen molar-refractivity contribution < 1.29 is 94.0 Å². The Bertz CT molecular complexity index is 72.2. The Morgan fingerprint density at radius 2 is 1.11 bits per heavy atom. The zero-order chi connectivity index (χ0) is 4.50. The molecule has 0 heterocycles.